The van der Waals surface area contributed by atoms with Gasteiger partial charge < -0.3 is 15.4 Å². The highest BCUT2D eigenvalue weighted by molar-refractivity contribution is 5.55. The van der Waals surface area contributed by atoms with Crippen molar-refractivity contribution in [3.63, 3.8) is 0 Å². The molecular weight excluding hydrogens is 218 g/mol. The summed E-state index contributed by atoms with van der Waals surface area (Å²) in [6.45, 7) is 0.241. The lowest BCUT2D eigenvalue weighted by atomic mass is 10.1. The first kappa shape index (κ1) is 10.4. The molecule has 1 fully saturated rings. The lowest BCUT2D eigenvalue weighted by Crippen LogP contribution is -2.03. The summed E-state index contributed by atoms with van der Waals surface area (Å²) in [5.74, 6) is 0.949. The van der Waals surface area contributed by atoms with Crippen LogP contribution in [-0.2, 0) is 12.1 Å². The summed E-state index contributed by atoms with van der Waals surface area (Å²) in [4.78, 5) is 4.14. The van der Waals surface area contributed by atoms with E-state index in [0.29, 0.717) is 11.7 Å². The van der Waals surface area contributed by atoms with E-state index in [0.717, 1.165) is 24.0 Å². The third-order valence-corrected chi connectivity index (χ3v) is 3.05. The van der Waals surface area contributed by atoms with Crippen LogP contribution in [0.25, 0.3) is 11.4 Å². The van der Waals surface area contributed by atoms with Crippen LogP contribution < -0.4 is 5.73 Å². The first-order chi connectivity index (χ1) is 8.21. The normalized spacial score (nSPS) is 17.1. The maximum atomic E-state index is 9.94. The molecule has 0 bridgehead atoms. The number of nitrogens with two attached hydrogens (primary N) is 1. The summed E-state index contributed by atoms with van der Waals surface area (Å²) in [5.41, 5.74) is 6.61. The minimum Gasteiger partial charge on any atom is -0.385 e. The lowest BCUT2D eigenvalue weighted by molar-refractivity contribution is 0.151. The van der Waals surface area contributed by atoms with Crippen LogP contribution in [0, 0.1) is 0 Å². The second kappa shape index (κ2) is 3.65. The molecule has 1 aromatic carbocycles. The van der Waals surface area contributed by atoms with E-state index in [-0.39, 0.29) is 6.54 Å². The zero-order valence-electron chi connectivity index (χ0n) is 9.26. The Hall–Kier alpha value is -1.72. The minimum absolute atomic E-state index is 0.241. The van der Waals surface area contributed by atoms with Gasteiger partial charge in [-0.2, -0.15) is 4.98 Å². The predicted octanol–water partition coefficient (Wildman–Crippen LogP) is 1.18. The van der Waals surface area contributed by atoms with Crippen molar-refractivity contribution < 1.29 is 9.63 Å². The predicted molar refractivity (Wildman–Crippen MR) is 60.8 cm³/mol. The molecule has 1 heterocycles. The zero-order chi connectivity index (χ0) is 11.9. The summed E-state index contributed by atoms with van der Waals surface area (Å²) in [5, 5.41) is 13.8. The molecule has 3 rings (SSSR count). The maximum absolute atomic E-state index is 9.94. The Balaban J connectivity index is 1.89. The van der Waals surface area contributed by atoms with Gasteiger partial charge in [0.25, 0.3) is 0 Å². The molecule has 0 spiro atoms. The molecule has 1 saturated carbocycles. The molecule has 0 atom stereocenters. The molecule has 0 radical (unpaired) electrons. The topological polar surface area (TPSA) is 85.2 Å². The van der Waals surface area contributed by atoms with Crippen LogP contribution in [0.2, 0.25) is 0 Å². The second-order valence-electron chi connectivity index (χ2n) is 4.32. The van der Waals surface area contributed by atoms with Crippen LogP contribution in [0.3, 0.4) is 0 Å². The fourth-order valence-electron chi connectivity index (χ4n) is 1.79. The summed E-state index contributed by atoms with van der Waals surface area (Å²) in [7, 11) is 0. The van der Waals surface area contributed by atoms with E-state index >= 15 is 0 Å². The van der Waals surface area contributed by atoms with Crippen LogP contribution in [0.1, 0.15) is 24.3 Å². The van der Waals surface area contributed by atoms with E-state index in [4.69, 9.17) is 10.3 Å². The quantitative estimate of drug-likeness (QED) is 0.828. The smallest absolute Gasteiger partial charge is 0.240 e. The lowest BCUT2D eigenvalue weighted by Gasteiger charge is -2.07. The van der Waals surface area contributed by atoms with Gasteiger partial charge in [0.15, 0.2) is 0 Å². The van der Waals surface area contributed by atoms with E-state index < -0.39 is 5.60 Å². The van der Waals surface area contributed by atoms with Gasteiger partial charge >= 0.3 is 0 Å². The average molecular weight is 231 g/mol. The van der Waals surface area contributed by atoms with E-state index in [9.17, 15) is 5.11 Å². The first-order valence-electron chi connectivity index (χ1n) is 5.57. The Bertz CT molecular complexity index is 529. The molecule has 3 N–H and O–H groups in total. The van der Waals surface area contributed by atoms with Gasteiger partial charge in [0.2, 0.25) is 11.7 Å². The van der Waals surface area contributed by atoms with Crippen LogP contribution in [0.15, 0.2) is 28.8 Å². The summed E-state index contributed by atoms with van der Waals surface area (Å²) in [6.07, 6.45) is 1.68. The van der Waals surface area contributed by atoms with Gasteiger partial charge in [0.1, 0.15) is 0 Å². The third kappa shape index (κ3) is 1.83. The van der Waals surface area contributed by atoms with Gasteiger partial charge in [-0.25, -0.2) is 0 Å². The Labute approximate surface area is 98.3 Å². The monoisotopic (exact) mass is 231 g/mol. The Morgan fingerprint density at radius 2 is 2.00 bits per heavy atom. The van der Waals surface area contributed by atoms with Crippen molar-refractivity contribution in [3.8, 4) is 11.4 Å². The molecule has 1 aliphatic rings. The molecule has 17 heavy (non-hydrogen) atoms. The van der Waals surface area contributed by atoms with Gasteiger partial charge in [-0.05, 0) is 18.4 Å². The second-order valence-corrected chi connectivity index (χ2v) is 4.32. The van der Waals surface area contributed by atoms with Crippen LogP contribution in [0.4, 0.5) is 0 Å². The van der Waals surface area contributed by atoms with Crippen molar-refractivity contribution in [2.45, 2.75) is 25.0 Å². The van der Waals surface area contributed by atoms with Crippen molar-refractivity contribution >= 4 is 0 Å². The van der Waals surface area contributed by atoms with Gasteiger partial charge in [-0.15, -0.1) is 0 Å². The molecule has 1 aliphatic carbocycles. The van der Waals surface area contributed by atoms with Crippen LogP contribution in [0.5, 0.6) is 0 Å². The number of nitrogens with zero attached hydrogens (tertiary/aromatic N) is 2. The summed E-state index contributed by atoms with van der Waals surface area (Å²) >= 11 is 0. The number of rotatable bonds is 3. The van der Waals surface area contributed by atoms with Crippen molar-refractivity contribution in [2.24, 2.45) is 5.73 Å². The fraction of sp³-hybridized carbons (Fsp3) is 0.333. The number of benzene rings is 1. The molecule has 0 unspecified atom stereocenters. The fourth-order valence-corrected chi connectivity index (χ4v) is 1.79. The van der Waals surface area contributed by atoms with Crippen molar-refractivity contribution in [3.05, 3.63) is 35.7 Å². The van der Waals surface area contributed by atoms with E-state index in [1.54, 1.807) is 0 Å². The average Bonchev–Trinajstić information content (AvgIpc) is 2.95. The van der Waals surface area contributed by atoms with Gasteiger partial charge in [-0.1, -0.05) is 29.4 Å². The molecule has 88 valence electrons. The summed E-state index contributed by atoms with van der Waals surface area (Å²) in [6, 6.07) is 7.58. The van der Waals surface area contributed by atoms with E-state index in [1.807, 2.05) is 24.3 Å². The standard InChI is InChI=1S/C12H13N3O2/c13-7-10-14-11(15-17-10)8-1-3-9(4-2-8)12(16)5-6-12/h1-4,16H,5-7,13H2. The maximum Gasteiger partial charge on any atom is 0.240 e. The largest absolute Gasteiger partial charge is 0.385 e. The van der Waals surface area contributed by atoms with E-state index in [2.05, 4.69) is 10.1 Å². The van der Waals surface area contributed by atoms with Crippen molar-refractivity contribution in [1.82, 2.24) is 10.1 Å². The number of hydrogen-bond acceptors (Lipinski definition) is 5. The van der Waals surface area contributed by atoms with Crippen molar-refractivity contribution in [1.29, 1.82) is 0 Å². The Morgan fingerprint density at radius 1 is 1.29 bits per heavy atom. The SMILES string of the molecule is NCc1nc(-c2ccc(C3(O)CC3)cc2)no1. The highest BCUT2D eigenvalue weighted by Gasteiger charge is 2.41. The van der Waals surface area contributed by atoms with Crippen LogP contribution in [-0.4, -0.2) is 15.2 Å². The zero-order valence-corrected chi connectivity index (χ0v) is 9.26. The molecule has 0 amide bonds. The Kier molecular flexibility index (Phi) is 2.24. The molecule has 0 aliphatic heterocycles. The molecule has 2 aromatic rings. The van der Waals surface area contributed by atoms with Gasteiger partial charge in [0, 0.05) is 5.56 Å². The van der Waals surface area contributed by atoms with E-state index in [1.165, 1.54) is 0 Å². The third-order valence-electron chi connectivity index (χ3n) is 3.05. The van der Waals surface area contributed by atoms with Gasteiger partial charge in [0.05, 0.1) is 12.1 Å². The molecule has 0 saturated heterocycles. The highest BCUT2D eigenvalue weighted by Crippen LogP contribution is 2.45. The van der Waals surface area contributed by atoms with Crippen LogP contribution >= 0.6 is 0 Å². The number of aromatic nitrogens is 2. The van der Waals surface area contributed by atoms with Crippen molar-refractivity contribution in [2.75, 3.05) is 0 Å². The van der Waals surface area contributed by atoms with Gasteiger partial charge in [-0.3, -0.25) is 0 Å². The molecule has 5 heteroatoms. The Morgan fingerprint density at radius 3 is 2.53 bits per heavy atom. The molecule has 1 aromatic heterocycles. The molecule has 5 nitrogen and oxygen atoms in total. The molecular formula is C12H13N3O2. The minimum atomic E-state index is -0.599. The first-order valence-corrected chi connectivity index (χ1v) is 5.57. The number of aliphatic hydroxyl groups is 1. The summed E-state index contributed by atoms with van der Waals surface area (Å²) < 4.78 is 4.94. The highest BCUT2D eigenvalue weighted by atomic mass is 16.5. The number of hydrogen-bond donors (Lipinski definition) is 2.